The highest BCUT2D eigenvalue weighted by molar-refractivity contribution is 5.66. The van der Waals surface area contributed by atoms with Crippen LogP contribution in [0.2, 0.25) is 0 Å². The maximum absolute atomic E-state index is 13.7. The number of carbonyl (C=O) groups is 1. The van der Waals surface area contributed by atoms with Gasteiger partial charge in [-0.3, -0.25) is 4.79 Å². The summed E-state index contributed by atoms with van der Waals surface area (Å²) in [6.07, 6.45) is 1.80. The lowest BCUT2D eigenvalue weighted by Gasteiger charge is -2.02. The second-order valence-corrected chi connectivity index (χ2v) is 4.00. The van der Waals surface area contributed by atoms with Crippen molar-refractivity contribution in [3.05, 3.63) is 41.5 Å². The highest BCUT2D eigenvalue weighted by Gasteiger charge is 2.08. The fraction of sp³-hybridized carbons (Fsp3) is 0.250. The molecule has 1 heterocycles. The largest absolute Gasteiger partial charge is 0.481 e. The van der Waals surface area contributed by atoms with Crippen LogP contribution in [0.5, 0.6) is 0 Å². The molecule has 0 bridgehead atoms. The van der Waals surface area contributed by atoms with Crippen molar-refractivity contribution in [3.8, 4) is 5.69 Å². The Balaban J connectivity index is 2.21. The van der Waals surface area contributed by atoms with Crippen molar-refractivity contribution >= 4 is 5.97 Å². The van der Waals surface area contributed by atoms with Gasteiger partial charge in [-0.15, -0.1) is 5.10 Å². The van der Waals surface area contributed by atoms with E-state index in [-0.39, 0.29) is 18.7 Å². The Morgan fingerprint density at radius 1 is 1.50 bits per heavy atom. The van der Waals surface area contributed by atoms with Crippen LogP contribution in [0.4, 0.5) is 4.39 Å². The summed E-state index contributed by atoms with van der Waals surface area (Å²) in [5.74, 6) is -1.28. The van der Waals surface area contributed by atoms with Gasteiger partial charge in [0.2, 0.25) is 0 Å². The number of carboxylic acids is 1. The molecule has 0 unspecified atom stereocenters. The molecule has 2 aromatic rings. The number of carboxylic acid groups (broad SMARTS) is 1. The van der Waals surface area contributed by atoms with E-state index < -0.39 is 5.97 Å². The molecule has 1 N–H and O–H groups in total. The van der Waals surface area contributed by atoms with E-state index >= 15 is 0 Å². The molecule has 0 fully saturated rings. The van der Waals surface area contributed by atoms with Crippen molar-refractivity contribution in [1.82, 2.24) is 15.0 Å². The summed E-state index contributed by atoms with van der Waals surface area (Å²) in [6, 6.07) is 4.80. The van der Waals surface area contributed by atoms with Crippen LogP contribution in [0.25, 0.3) is 5.69 Å². The lowest BCUT2D eigenvalue weighted by Crippen LogP contribution is -1.99. The Morgan fingerprint density at radius 2 is 2.28 bits per heavy atom. The molecular weight excluding hydrogens is 237 g/mol. The van der Waals surface area contributed by atoms with Crippen LogP contribution in [0.15, 0.2) is 24.4 Å². The molecule has 0 saturated carbocycles. The van der Waals surface area contributed by atoms with Gasteiger partial charge in [-0.25, -0.2) is 9.07 Å². The first-order valence-corrected chi connectivity index (χ1v) is 5.46. The van der Waals surface area contributed by atoms with Gasteiger partial charge in [-0.05, 0) is 24.6 Å². The van der Waals surface area contributed by atoms with Gasteiger partial charge in [-0.2, -0.15) is 0 Å². The van der Waals surface area contributed by atoms with Gasteiger partial charge < -0.3 is 5.11 Å². The van der Waals surface area contributed by atoms with Crippen LogP contribution in [-0.2, 0) is 11.2 Å². The van der Waals surface area contributed by atoms with Crippen molar-refractivity contribution in [1.29, 1.82) is 0 Å². The molecule has 0 atom stereocenters. The molecule has 0 aliphatic rings. The Morgan fingerprint density at radius 3 is 2.94 bits per heavy atom. The van der Waals surface area contributed by atoms with E-state index in [0.717, 1.165) is 5.56 Å². The summed E-state index contributed by atoms with van der Waals surface area (Å²) < 4.78 is 15.0. The van der Waals surface area contributed by atoms with E-state index in [9.17, 15) is 9.18 Å². The smallest absolute Gasteiger partial charge is 0.303 e. The first kappa shape index (κ1) is 12.2. The van der Waals surface area contributed by atoms with Gasteiger partial charge in [0.1, 0.15) is 11.5 Å². The second-order valence-electron chi connectivity index (χ2n) is 4.00. The third kappa shape index (κ3) is 2.71. The Labute approximate surface area is 103 Å². The number of hydrogen-bond acceptors (Lipinski definition) is 3. The summed E-state index contributed by atoms with van der Waals surface area (Å²) in [5.41, 5.74) is 1.65. The van der Waals surface area contributed by atoms with Crippen molar-refractivity contribution in [2.75, 3.05) is 0 Å². The third-order valence-electron chi connectivity index (χ3n) is 2.49. The molecule has 2 rings (SSSR count). The highest BCUT2D eigenvalue weighted by atomic mass is 19.1. The lowest BCUT2D eigenvalue weighted by atomic mass is 10.2. The fourth-order valence-electron chi connectivity index (χ4n) is 1.56. The molecule has 1 aromatic heterocycles. The molecule has 0 spiro atoms. The SMILES string of the molecule is Cc1ccc(-n2cc(CCC(=O)O)nn2)c(F)c1. The van der Waals surface area contributed by atoms with Crippen LogP contribution in [0.1, 0.15) is 17.7 Å². The summed E-state index contributed by atoms with van der Waals surface area (Å²) in [4.78, 5) is 10.4. The minimum absolute atomic E-state index is 0.0188. The number of aliphatic carboxylic acids is 1. The molecule has 0 amide bonds. The minimum Gasteiger partial charge on any atom is -0.481 e. The molecule has 0 aliphatic carbocycles. The number of nitrogens with zero attached hydrogens (tertiary/aromatic N) is 3. The molecule has 0 aliphatic heterocycles. The minimum atomic E-state index is -0.897. The first-order valence-electron chi connectivity index (χ1n) is 5.46. The highest BCUT2D eigenvalue weighted by Crippen LogP contribution is 2.14. The zero-order valence-electron chi connectivity index (χ0n) is 9.80. The molecular formula is C12H12FN3O2. The lowest BCUT2D eigenvalue weighted by molar-refractivity contribution is -0.136. The molecule has 0 saturated heterocycles. The van der Waals surface area contributed by atoms with E-state index in [1.807, 2.05) is 0 Å². The number of hydrogen-bond donors (Lipinski definition) is 1. The standard InChI is InChI=1S/C12H12FN3O2/c1-8-2-4-11(10(13)6-8)16-7-9(14-15-16)3-5-12(17)18/h2,4,6-7H,3,5H2,1H3,(H,17,18). The maximum Gasteiger partial charge on any atom is 0.303 e. The predicted molar refractivity (Wildman–Crippen MR) is 62.0 cm³/mol. The second kappa shape index (κ2) is 4.95. The fourth-order valence-corrected chi connectivity index (χ4v) is 1.56. The molecule has 1 aromatic carbocycles. The molecule has 6 heteroatoms. The van der Waals surface area contributed by atoms with Crippen molar-refractivity contribution < 1.29 is 14.3 Å². The summed E-state index contributed by atoms with van der Waals surface area (Å²) in [7, 11) is 0. The Hall–Kier alpha value is -2.24. The van der Waals surface area contributed by atoms with Gasteiger partial charge in [-0.1, -0.05) is 11.3 Å². The van der Waals surface area contributed by atoms with Crippen LogP contribution in [-0.4, -0.2) is 26.1 Å². The molecule has 94 valence electrons. The monoisotopic (exact) mass is 249 g/mol. The molecule has 18 heavy (non-hydrogen) atoms. The first-order chi connectivity index (χ1) is 8.56. The van der Waals surface area contributed by atoms with Crippen molar-refractivity contribution in [3.63, 3.8) is 0 Å². The average molecular weight is 249 g/mol. The quantitative estimate of drug-likeness (QED) is 0.896. The van der Waals surface area contributed by atoms with Gasteiger partial charge in [0.25, 0.3) is 0 Å². The van der Waals surface area contributed by atoms with Crippen LogP contribution in [0.3, 0.4) is 0 Å². The van der Waals surface area contributed by atoms with Crippen LogP contribution in [0, 0.1) is 12.7 Å². The number of halogens is 1. The zero-order chi connectivity index (χ0) is 13.1. The van der Waals surface area contributed by atoms with E-state index in [1.165, 1.54) is 16.9 Å². The number of aryl methyl sites for hydroxylation is 2. The van der Waals surface area contributed by atoms with E-state index in [1.54, 1.807) is 19.1 Å². The summed E-state index contributed by atoms with van der Waals surface area (Å²) >= 11 is 0. The Kier molecular flexibility index (Phi) is 3.36. The van der Waals surface area contributed by atoms with E-state index in [2.05, 4.69) is 10.3 Å². The topological polar surface area (TPSA) is 68.0 Å². The average Bonchev–Trinajstić information content (AvgIpc) is 2.75. The van der Waals surface area contributed by atoms with Gasteiger partial charge in [0.05, 0.1) is 18.3 Å². The number of aromatic nitrogens is 3. The number of rotatable bonds is 4. The predicted octanol–water partition coefficient (Wildman–Crippen LogP) is 1.73. The van der Waals surface area contributed by atoms with E-state index in [0.29, 0.717) is 11.4 Å². The van der Waals surface area contributed by atoms with E-state index in [4.69, 9.17) is 5.11 Å². The maximum atomic E-state index is 13.7. The molecule has 0 radical (unpaired) electrons. The van der Waals surface area contributed by atoms with Crippen LogP contribution < -0.4 is 0 Å². The van der Waals surface area contributed by atoms with Crippen LogP contribution >= 0.6 is 0 Å². The Bertz CT molecular complexity index is 580. The third-order valence-corrected chi connectivity index (χ3v) is 2.49. The zero-order valence-corrected chi connectivity index (χ0v) is 9.80. The molecule has 5 nitrogen and oxygen atoms in total. The van der Waals surface area contributed by atoms with Gasteiger partial charge in [0, 0.05) is 6.42 Å². The summed E-state index contributed by atoms with van der Waals surface area (Å²) in [6.45, 7) is 1.80. The van der Waals surface area contributed by atoms with Crippen molar-refractivity contribution in [2.24, 2.45) is 0 Å². The number of benzene rings is 1. The van der Waals surface area contributed by atoms with Gasteiger partial charge in [0.15, 0.2) is 0 Å². The van der Waals surface area contributed by atoms with Gasteiger partial charge >= 0.3 is 5.97 Å². The van der Waals surface area contributed by atoms with Crippen molar-refractivity contribution in [2.45, 2.75) is 19.8 Å². The summed E-state index contributed by atoms with van der Waals surface area (Å²) in [5, 5.41) is 16.2. The normalized spacial score (nSPS) is 10.6.